The Kier molecular flexibility index (Phi) is 4.00. The summed E-state index contributed by atoms with van der Waals surface area (Å²) in [4.78, 5) is 12.4. The smallest absolute Gasteiger partial charge is 0.191 e. The fraction of sp³-hybridized carbons (Fsp3) is 0.562. The van der Waals surface area contributed by atoms with Gasteiger partial charge in [0, 0.05) is 18.6 Å². The van der Waals surface area contributed by atoms with E-state index >= 15 is 0 Å². The number of Topliss-reactive ketones (excluding diaryl/α,β-unsaturated/α-hetero) is 1. The molecule has 2 atom stereocenters. The molecule has 4 heteroatoms. The lowest BCUT2D eigenvalue weighted by atomic mass is 9.72. The summed E-state index contributed by atoms with van der Waals surface area (Å²) in [6, 6.07) is 3.78. The summed E-state index contributed by atoms with van der Waals surface area (Å²) in [5.74, 6) is -0.783. The minimum Gasteiger partial charge on any atom is -0.390 e. The zero-order chi connectivity index (χ0) is 15.1. The van der Waals surface area contributed by atoms with Gasteiger partial charge in [0.1, 0.15) is 6.10 Å². The number of carbonyl (C=O) groups excluding carboxylic acids is 1. The zero-order valence-corrected chi connectivity index (χ0v) is 12.4. The second-order valence-corrected chi connectivity index (χ2v) is 6.15. The Hall–Kier alpha value is -1.23. The molecule has 0 spiro atoms. The van der Waals surface area contributed by atoms with Crippen LogP contribution in [0.2, 0.25) is 0 Å². The van der Waals surface area contributed by atoms with Gasteiger partial charge in [0.05, 0.1) is 12.2 Å². The summed E-state index contributed by atoms with van der Waals surface area (Å²) < 4.78 is 5.10. The number of methoxy groups -OCH3 is 1. The molecule has 4 nitrogen and oxygen atoms in total. The van der Waals surface area contributed by atoms with E-state index in [0.717, 1.165) is 16.7 Å². The highest BCUT2D eigenvalue weighted by Crippen LogP contribution is 2.35. The maximum atomic E-state index is 12.4. The first-order chi connectivity index (χ1) is 9.25. The van der Waals surface area contributed by atoms with E-state index in [4.69, 9.17) is 4.74 Å². The molecule has 0 saturated heterocycles. The molecule has 1 aromatic carbocycles. The summed E-state index contributed by atoms with van der Waals surface area (Å²) in [6.07, 6.45) is -0.648. The van der Waals surface area contributed by atoms with E-state index < -0.39 is 17.6 Å². The quantitative estimate of drug-likeness (QED) is 0.882. The molecular formula is C16H22O4. The van der Waals surface area contributed by atoms with Gasteiger partial charge < -0.3 is 14.9 Å². The Morgan fingerprint density at radius 2 is 2.05 bits per heavy atom. The van der Waals surface area contributed by atoms with Crippen LogP contribution in [0.15, 0.2) is 12.1 Å². The fourth-order valence-corrected chi connectivity index (χ4v) is 2.94. The van der Waals surface area contributed by atoms with Gasteiger partial charge in [-0.1, -0.05) is 6.07 Å². The molecule has 0 bridgehead atoms. The maximum absolute atomic E-state index is 12.4. The van der Waals surface area contributed by atoms with Gasteiger partial charge in [0.15, 0.2) is 5.78 Å². The number of carbonyl (C=O) groups is 1. The second kappa shape index (κ2) is 5.28. The molecule has 0 fully saturated rings. The molecule has 0 saturated carbocycles. The third-order valence-corrected chi connectivity index (χ3v) is 4.09. The van der Waals surface area contributed by atoms with Crippen molar-refractivity contribution >= 4 is 5.78 Å². The fourth-order valence-electron chi connectivity index (χ4n) is 2.94. The number of aliphatic hydroxyl groups is 2. The number of hydrogen-bond donors (Lipinski definition) is 2. The second-order valence-electron chi connectivity index (χ2n) is 6.15. The van der Waals surface area contributed by atoms with Gasteiger partial charge in [0.2, 0.25) is 0 Å². The van der Waals surface area contributed by atoms with Crippen LogP contribution in [0.4, 0.5) is 0 Å². The van der Waals surface area contributed by atoms with E-state index in [2.05, 4.69) is 0 Å². The minimum atomic E-state index is -1.15. The van der Waals surface area contributed by atoms with Gasteiger partial charge in [-0.05, 0) is 49.9 Å². The lowest BCUT2D eigenvalue weighted by molar-refractivity contribution is -0.0397. The number of hydrogen-bond acceptors (Lipinski definition) is 4. The first-order valence-electron chi connectivity index (χ1n) is 6.81. The molecule has 0 aromatic heterocycles. The van der Waals surface area contributed by atoms with Crippen LogP contribution in [-0.4, -0.2) is 34.8 Å². The SMILES string of the molecule is COCc1cc(C)c2c(c1)C(=O)[C@@H](O)[C@H](C(C)(C)O)C2. The van der Waals surface area contributed by atoms with Crippen LogP contribution < -0.4 is 0 Å². The highest BCUT2D eigenvalue weighted by Gasteiger charge is 2.42. The normalized spacial score (nSPS) is 22.8. The van der Waals surface area contributed by atoms with Gasteiger partial charge in [-0.2, -0.15) is 0 Å². The average molecular weight is 278 g/mol. The first kappa shape index (κ1) is 15.2. The average Bonchev–Trinajstić information content (AvgIpc) is 2.33. The van der Waals surface area contributed by atoms with Crippen molar-refractivity contribution in [1.29, 1.82) is 0 Å². The van der Waals surface area contributed by atoms with Crippen molar-refractivity contribution in [2.24, 2.45) is 5.92 Å². The largest absolute Gasteiger partial charge is 0.390 e. The Bertz CT molecular complexity index is 528. The van der Waals surface area contributed by atoms with E-state index in [1.807, 2.05) is 13.0 Å². The van der Waals surface area contributed by atoms with Crippen molar-refractivity contribution in [3.63, 3.8) is 0 Å². The number of ketones is 1. The van der Waals surface area contributed by atoms with E-state index in [1.54, 1.807) is 27.0 Å². The zero-order valence-electron chi connectivity index (χ0n) is 12.4. The molecule has 0 heterocycles. The lowest BCUT2D eigenvalue weighted by Crippen LogP contribution is -2.47. The van der Waals surface area contributed by atoms with E-state index in [9.17, 15) is 15.0 Å². The number of aliphatic hydroxyl groups excluding tert-OH is 1. The van der Waals surface area contributed by atoms with Gasteiger partial charge >= 0.3 is 0 Å². The topological polar surface area (TPSA) is 66.8 Å². The molecule has 0 amide bonds. The van der Waals surface area contributed by atoms with Crippen molar-refractivity contribution < 1.29 is 19.7 Å². The molecular weight excluding hydrogens is 256 g/mol. The lowest BCUT2D eigenvalue weighted by Gasteiger charge is -2.37. The van der Waals surface area contributed by atoms with Crippen LogP contribution in [0.3, 0.4) is 0 Å². The van der Waals surface area contributed by atoms with Crippen molar-refractivity contribution in [3.8, 4) is 0 Å². The molecule has 1 aliphatic rings. The van der Waals surface area contributed by atoms with E-state index in [-0.39, 0.29) is 5.78 Å². The minimum absolute atomic E-state index is 0.306. The first-order valence-corrected chi connectivity index (χ1v) is 6.81. The summed E-state index contributed by atoms with van der Waals surface area (Å²) in [5.41, 5.74) is 2.32. The summed E-state index contributed by atoms with van der Waals surface area (Å²) in [5, 5.41) is 20.3. The highest BCUT2D eigenvalue weighted by molar-refractivity contribution is 6.02. The standard InChI is InChI=1S/C16H22O4/c1-9-5-10(8-20-4)6-12-11(9)7-13(16(2,3)19)15(18)14(12)17/h5-6,13,15,18-19H,7-8H2,1-4H3/t13-,15+/m1/s1. The monoisotopic (exact) mass is 278 g/mol. The molecule has 0 unspecified atom stereocenters. The van der Waals surface area contributed by atoms with Crippen LogP contribution in [0, 0.1) is 12.8 Å². The van der Waals surface area contributed by atoms with Gasteiger partial charge in [-0.25, -0.2) is 0 Å². The predicted molar refractivity (Wildman–Crippen MR) is 75.7 cm³/mol. The Morgan fingerprint density at radius 3 is 2.60 bits per heavy atom. The van der Waals surface area contributed by atoms with Gasteiger partial charge in [-0.15, -0.1) is 0 Å². The number of ether oxygens (including phenoxy) is 1. The van der Waals surface area contributed by atoms with Gasteiger partial charge in [-0.3, -0.25) is 4.79 Å². The summed E-state index contributed by atoms with van der Waals surface area (Å²) >= 11 is 0. The van der Waals surface area contributed by atoms with Crippen LogP contribution in [0.1, 0.15) is 40.9 Å². The van der Waals surface area contributed by atoms with Crippen LogP contribution in [-0.2, 0) is 17.8 Å². The molecule has 2 N–H and O–H groups in total. The molecule has 2 rings (SSSR count). The third kappa shape index (κ3) is 2.64. The van der Waals surface area contributed by atoms with Crippen LogP contribution >= 0.6 is 0 Å². The van der Waals surface area contributed by atoms with Crippen LogP contribution in [0.25, 0.3) is 0 Å². The van der Waals surface area contributed by atoms with Crippen molar-refractivity contribution in [1.82, 2.24) is 0 Å². The molecule has 0 aliphatic heterocycles. The molecule has 1 aliphatic carbocycles. The predicted octanol–water partition coefficient (Wildman–Crippen LogP) is 1.63. The maximum Gasteiger partial charge on any atom is 0.191 e. The Morgan fingerprint density at radius 1 is 1.40 bits per heavy atom. The highest BCUT2D eigenvalue weighted by atomic mass is 16.5. The molecule has 20 heavy (non-hydrogen) atoms. The summed E-state index contributed by atoms with van der Waals surface area (Å²) in [6.45, 7) is 5.65. The molecule has 110 valence electrons. The number of rotatable bonds is 3. The van der Waals surface area contributed by atoms with Crippen molar-refractivity contribution in [3.05, 3.63) is 34.4 Å². The summed E-state index contributed by atoms with van der Waals surface area (Å²) in [7, 11) is 1.61. The van der Waals surface area contributed by atoms with E-state index in [0.29, 0.717) is 18.6 Å². The van der Waals surface area contributed by atoms with Crippen LogP contribution in [0.5, 0.6) is 0 Å². The number of aryl methyl sites for hydroxylation is 1. The van der Waals surface area contributed by atoms with Crippen molar-refractivity contribution in [2.75, 3.05) is 7.11 Å². The molecule has 1 aromatic rings. The van der Waals surface area contributed by atoms with E-state index in [1.165, 1.54) is 0 Å². The van der Waals surface area contributed by atoms with Crippen molar-refractivity contribution in [2.45, 2.75) is 45.5 Å². The van der Waals surface area contributed by atoms with Gasteiger partial charge in [0.25, 0.3) is 0 Å². The Labute approximate surface area is 119 Å². The number of fused-ring (bicyclic) bond motifs is 1. The number of benzene rings is 1. The third-order valence-electron chi connectivity index (χ3n) is 4.09. The Balaban J connectivity index is 2.49. The molecule has 0 radical (unpaired) electrons.